The van der Waals surface area contributed by atoms with Gasteiger partial charge in [-0.25, -0.2) is 0 Å². The van der Waals surface area contributed by atoms with Crippen LogP contribution in [0.4, 0.5) is 0 Å². The van der Waals surface area contributed by atoms with Crippen molar-refractivity contribution in [2.75, 3.05) is 6.26 Å². The number of ether oxygens (including phenoxy) is 1. The Balaban J connectivity index is 2.43. The summed E-state index contributed by atoms with van der Waals surface area (Å²) in [7, 11) is -3.80. The minimum atomic E-state index is -3.80. The highest BCUT2D eigenvalue weighted by Crippen LogP contribution is 2.30. The van der Waals surface area contributed by atoms with Crippen LogP contribution in [0.1, 0.15) is 22.8 Å². The molecule has 0 fully saturated rings. The zero-order chi connectivity index (χ0) is 17.0. The summed E-state index contributed by atoms with van der Waals surface area (Å²) in [5.74, 6) is -1.24. The molecule has 2 aromatic rings. The van der Waals surface area contributed by atoms with E-state index in [0.717, 1.165) is 13.2 Å². The van der Waals surface area contributed by atoms with Crippen LogP contribution in [-0.4, -0.2) is 26.4 Å². The van der Waals surface area contributed by atoms with Crippen molar-refractivity contribution < 1.29 is 26.9 Å². The van der Waals surface area contributed by atoms with Gasteiger partial charge in [-0.2, -0.15) is 8.42 Å². The molecule has 0 aliphatic heterocycles. The van der Waals surface area contributed by atoms with Crippen molar-refractivity contribution in [3.05, 3.63) is 59.7 Å². The summed E-state index contributed by atoms with van der Waals surface area (Å²) in [6.45, 7) is 1.16. The van der Waals surface area contributed by atoms with Crippen LogP contribution in [-0.2, 0) is 14.9 Å². The highest BCUT2D eigenvalue weighted by molar-refractivity contribution is 7.86. The van der Waals surface area contributed by atoms with Crippen molar-refractivity contribution in [3.8, 4) is 11.5 Å². The second-order valence-corrected chi connectivity index (χ2v) is 6.31. The monoisotopic (exact) mass is 334 g/mol. The Hall–Kier alpha value is -2.67. The molecule has 0 saturated carbocycles. The van der Waals surface area contributed by atoms with Gasteiger partial charge >= 0.3 is 16.1 Å². The molecule has 0 amide bonds. The zero-order valence-corrected chi connectivity index (χ0v) is 13.3. The number of hydrogen-bond acceptors (Lipinski definition) is 6. The first-order chi connectivity index (χ1) is 10.8. The molecule has 0 saturated heterocycles. The van der Waals surface area contributed by atoms with E-state index < -0.39 is 16.1 Å². The number of ketones is 1. The van der Waals surface area contributed by atoms with Gasteiger partial charge < -0.3 is 8.92 Å². The van der Waals surface area contributed by atoms with E-state index >= 15 is 0 Å². The van der Waals surface area contributed by atoms with E-state index in [2.05, 4.69) is 0 Å². The van der Waals surface area contributed by atoms with E-state index in [9.17, 15) is 18.0 Å². The third-order valence-corrected chi connectivity index (χ3v) is 3.22. The Kier molecular flexibility index (Phi) is 4.80. The smallest absolute Gasteiger partial charge is 0.308 e. The fourth-order valence-corrected chi connectivity index (χ4v) is 2.34. The molecule has 0 heterocycles. The average Bonchev–Trinajstić information content (AvgIpc) is 2.47. The summed E-state index contributed by atoms with van der Waals surface area (Å²) in [5.41, 5.74) is 0.700. The molecule has 0 unspecified atom stereocenters. The molecular weight excluding hydrogens is 320 g/mol. The molecule has 2 rings (SSSR count). The van der Waals surface area contributed by atoms with Crippen LogP contribution in [0.15, 0.2) is 48.5 Å². The van der Waals surface area contributed by atoms with E-state index in [4.69, 9.17) is 8.92 Å². The third-order valence-electron chi connectivity index (χ3n) is 2.74. The number of carbonyl (C=O) groups is 2. The van der Waals surface area contributed by atoms with Gasteiger partial charge in [0.1, 0.15) is 0 Å². The summed E-state index contributed by atoms with van der Waals surface area (Å²) in [6, 6.07) is 12.5. The Morgan fingerprint density at radius 1 is 0.913 bits per heavy atom. The van der Waals surface area contributed by atoms with Crippen LogP contribution in [0.2, 0.25) is 0 Å². The molecule has 7 heteroatoms. The maximum atomic E-state index is 12.4. The fraction of sp³-hybridized carbons (Fsp3) is 0.125. The van der Waals surface area contributed by atoms with Gasteiger partial charge in [0.2, 0.25) is 0 Å². The maximum absolute atomic E-state index is 12.4. The maximum Gasteiger partial charge on any atom is 0.308 e. The first kappa shape index (κ1) is 16.7. The highest BCUT2D eigenvalue weighted by atomic mass is 32.2. The van der Waals surface area contributed by atoms with Crippen molar-refractivity contribution in [1.82, 2.24) is 0 Å². The Labute approximate surface area is 133 Å². The molecule has 0 aliphatic carbocycles. The van der Waals surface area contributed by atoms with Gasteiger partial charge in [0.15, 0.2) is 17.3 Å². The van der Waals surface area contributed by atoms with Crippen molar-refractivity contribution >= 4 is 21.9 Å². The van der Waals surface area contributed by atoms with E-state index in [1.54, 1.807) is 30.3 Å². The van der Waals surface area contributed by atoms with Gasteiger partial charge in [-0.1, -0.05) is 30.3 Å². The minimum absolute atomic E-state index is 0.135. The molecule has 0 bridgehead atoms. The average molecular weight is 334 g/mol. The number of benzene rings is 2. The van der Waals surface area contributed by atoms with Crippen molar-refractivity contribution in [2.45, 2.75) is 6.92 Å². The van der Waals surface area contributed by atoms with Crippen LogP contribution < -0.4 is 8.92 Å². The zero-order valence-electron chi connectivity index (χ0n) is 12.5. The SMILES string of the molecule is CC(=O)Oc1cc(C(=O)c2ccccc2)ccc1OS(C)(=O)=O. The third kappa shape index (κ3) is 4.65. The van der Waals surface area contributed by atoms with Gasteiger partial charge in [0, 0.05) is 18.1 Å². The number of carbonyl (C=O) groups excluding carboxylic acids is 2. The van der Waals surface area contributed by atoms with E-state index in [1.807, 2.05) is 0 Å². The van der Waals surface area contributed by atoms with Gasteiger partial charge in [-0.15, -0.1) is 0 Å². The van der Waals surface area contributed by atoms with Crippen LogP contribution >= 0.6 is 0 Å². The van der Waals surface area contributed by atoms with Gasteiger partial charge in [0.25, 0.3) is 0 Å². The second kappa shape index (κ2) is 6.62. The highest BCUT2D eigenvalue weighted by Gasteiger charge is 2.17. The van der Waals surface area contributed by atoms with Gasteiger partial charge in [0.05, 0.1) is 6.26 Å². The van der Waals surface area contributed by atoms with Crippen molar-refractivity contribution in [2.24, 2.45) is 0 Å². The summed E-state index contributed by atoms with van der Waals surface area (Å²) in [6.07, 6.45) is 0.869. The van der Waals surface area contributed by atoms with E-state index in [1.165, 1.54) is 18.2 Å². The second-order valence-electron chi connectivity index (χ2n) is 4.74. The quantitative estimate of drug-likeness (QED) is 0.360. The molecule has 0 spiro atoms. The van der Waals surface area contributed by atoms with E-state index in [-0.39, 0.29) is 22.8 Å². The summed E-state index contributed by atoms with van der Waals surface area (Å²) in [5, 5.41) is 0. The first-order valence-electron chi connectivity index (χ1n) is 6.58. The largest absolute Gasteiger partial charge is 0.423 e. The minimum Gasteiger partial charge on any atom is -0.423 e. The summed E-state index contributed by atoms with van der Waals surface area (Å²) in [4.78, 5) is 23.6. The van der Waals surface area contributed by atoms with Crippen LogP contribution in [0.25, 0.3) is 0 Å². The number of hydrogen-bond donors (Lipinski definition) is 0. The summed E-state index contributed by atoms with van der Waals surface area (Å²) < 4.78 is 32.2. The lowest BCUT2D eigenvalue weighted by Crippen LogP contribution is -2.10. The van der Waals surface area contributed by atoms with Gasteiger partial charge in [-0.05, 0) is 18.2 Å². The van der Waals surface area contributed by atoms with E-state index in [0.29, 0.717) is 5.56 Å². The van der Waals surface area contributed by atoms with Crippen LogP contribution in [0.3, 0.4) is 0 Å². The Morgan fingerprint density at radius 3 is 2.13 bits per heavy atom. The van der Waals surface area contributed by atoms with Gasteiger partial charge in [-0.3, -0.25) is 9.59 Å². The predicted molar refractivity (Wildman–Crippen MR) is 83.1 cm³/mol. The lowest BCUT2D eigenvalue weighted by atomic mass is 10.0. The van der Waals surface area contributed by atoms with Crippen LogP contribution in [0.5, 0.6) is 11.5 Å². The topological polar surface area (TPSA) is 86.7 Å². The molecule has 0 N–H and O–H groups in total. The molecule has 6 nitrogen and oxygen atoms in total. The molecule has 23 heavy (non-hydrogen) atoms. The Morgan fingerprint density at radius 2 is 1.57 bits per heavy atom. The van der Waals surface area contributed by atoms with Crippen molar-refractivity contribution in [3.63, 3.8) is 0 Å². The molecule has 0 aromatic heterocycles. The lowest BCUT2D eigenvalue weighted by molar-refractivity contribution is -0.131. The number of rotatable bonds is 5. The molecule has 2 aromatic carbocycles. The predicted octanol–water partition coefficient (Wildman–Crippen LogP) is 2.18. The molecule has 120 valence electrons. The first-order valence-corrected chi connectivity index (χ1v) is 8.39. The molecule has 0 radical (unpaired) electrons. The standard InChI is InChI=1S/C16H14O6S/c1-11(17)21-15-10-13(8-9-14(15)22-23(2,19)20)16(18)12-6-4-3-5-7-12/h3-10H,1-2H3. The number of esters is 1. The fourth-order valence-electron chi connectivity index (χ4n) is 1.87. The lowest BCUT2D eigenvalue weighted by Gasteiger charge is -2.10. The summed E-state index contributed by atoms with van der Waals surface area (Å²) >= 11 is 0. The van der Waals surface area contributed by atoms with Crippen molar-refractivity contribution in [1.29, 1.82) is 0 Å². The van der Waals surface area contributed by atoms with Crippen LogP contribution in [0, 0.1) is 0 Å². The Bertz CT molecular complexity index is 840. The normalized spacial score (nSPS) is 10.9. The molecular formula is C16H14O6S. The molecule has 0 aliphatic rings. The molecule has 0 atom stereocenters.